The number of rotatable bonds is 9. The number of carbonyl (C=O) groups excluding carboxylic acids is 1. The third-order valence-electron chi connectivity index (χ3n) is 3.31. The Kier molecular flexibility index (Phi) is 6.97. The quantitative estimate of drug-likeness (QED) is 0.683. The largest absolute Gasteiger partial charge is 0.497 e. The third kappa shape index (κ3) is 5.51. The predicted molar refractivity (Wildman–Crippen MR) is 91.2 cm³/mol. The summed E-state index contributed by atoms with van der Waals surface area (Å²) in [6.45, 7) is 1.77. The van der Waals surface area contributed by atoms with Crippen LogP contribution in [0, 0.1) is 0 Å². The number of aromatic nitrogens is 2. The maximum atomic E-state index is 12.2. The van der Waals surface area contributed by atoms with Crippen LogP contribution in [0.4, 0.5) is 5.95 Å². The SMILES string of the molecule is COCCCNc1nccc(C(=O)NCc2ccc(OC)cc2)n1. The number of ether oxygens (including phenoxy) is 2. The average Bonchev–Trinajstić information content (AvgIpc) is 2.64. The fourth-order valence-corrected chi connectivity index (χ4v) is 2.00. The van der Waals surface area contributed by atoms with Gasteiger partial charge in [0, 0.05) is 33.0 Å². The zero-order valence-electron chi connectivity index (χ0n) is 13.9. The number of nitrogens with one attached hydrogen (secondary N) is 2. The molecule has 2 rings (SSSR count). The third-order valence-corrected chi connectivity index (χ3v) is 3.31. The summed E-state index contributed by atoms with van der Waals surface area (Å²) < 4.78 is 10.1. The van der Waals surface area contributed by atoms with Gasteiger partial charge in [0.2, 0.25) is 5.95 Å². The molecule has 0 bridgehead atoms. The molecule has 0 aliphatic carbocycles. The van der Waals surface area contributed by atoms with Crippen LogP contribution >= 0.6 is 0 Å². The highest BCUT2D eigenvalue weighted by atomic mass is 16.5. The second-order valence-corrected chi connectivity index (χ2v) is 5.07. The lowest BCUT2D eigenvalue weighted by Gasteiger charge is -2.08. The maximum Gasteiger partial charge on any atom is 0.270 e. The average molecular weight is 330 g/mol. The van der Waals surface area contributed by atoms with Crippen molar-refractivity contribution in [2.24, 2.45) is 0 Å². The number of nitrogens with zero attached hydrogens (tertiary/aromatic N) is 2. The molecule has 128 valence electrons. The molecule has 24 heavy (non-hydrogen) atoms. The molecule has 0 aliphatic heterocycles. The van der Waals surface area contributed by atoms with Gasteiger partial charge in [-0.15, -0.1) is 0 Å². The molecule has 1 amide bonds. The van der Waals surface area contributed by atoms with Crippen LogP contribution in [-0.4, -0.2) is 43.2 Å². The number of benzene rings is 1. The zero-order valence-corrected chi connectivity index (χ0v) is 13.9. The van der Waals surface area contributed by atoms with E-state index in [1.807, 2.05) is 24.3 Å². The molecule has 0 fully saturated rings. The molecular weight excluding hydrogens is 308 g/mol. The number of carbonyl (C=O) groups is 1. The van der Waals surface area contributed by atoms with Gasteiger partial charge in [-0.1, -0.05) is 12.1 Å². The van der Waals surface area contributed by atoms with Gasteiger partial charge in [-0.05, 0) is 30.2 Å². The van der Waals surface area contributed by atoms with Crippen molar-refractivity contribution in [2.75, 3.05) is 32.7 Å². The highest BCUT2D eigenvalue weighted by molar-refractivity contribution is 5.92. The number of amides is 1. The summed E-state index contributed by atoms with van der Waals surface area (Å²) in [6.07, 6.45) is 2.40. The van der Waals surface area contributed by atoms with Crippen molar-refractivity contribution < 1.29 is 14.3 Å². The predicted octanol–water partition coefficient (Wildman–Crippen LogP) is 1.86. The fraction of sp³-hybridized carbons (Fsp3) is 0.353. The van der Waals surface area contributed by atoms with Crippen LogP contribution in [0.2, 0.25) is 0 Å². The molecular formula is C17H22N4O3. The topological polar surface area (TPSA) is 85.4 Å². The molecule has 0 spiro atoms. The molecule has 1 aromatic heterocycles. The molecule has 7 heteroatoms. The number of hydrogen-bond acceptors (Lipinski definition) is 6. The van der Waals surface area contributed by atoms with E-state index in [0.29, 0.717) is 31.3 Å². The van der Waals surface area contributed by atoms with Crippen molar-refractivity contribution in [2.45, 2.75) is 13.0 Å². The first-order valence-electron chi connectivity index (χ1n) is 7.70. The normalized spacial score (nSPS) is 10.2. The van der Waals surface area contributed by atoms with E-state index in [9.17, 15) is 4.79 Å². The van der Waals surface area contributed by atoms with Crippen LogP contribution in [-0.2, 0) is 11.3 Å². The summed E-state index contributed by atoms with van der Waals surface area (Å²) in [7, 11) is 3.27. The minimum Gasteiger partial charge on any atom is -0.497 e. The first-order valence-corrected chi connectivity index (χ1v) is 7.70. The molecule has 2 aromatic rings. The van der Waals surface area contributed by atoms with Gasteiger partial charge < -0.3 is 20.1 Å². The van der Waals surface area contributed by atoms with Gasteiger partial charge >= 0.3 is 0 Å². The van der Waals surface area contributed by atoms with Crippen LogP contribution < -0.4 is 15.4 Å². The van der Waals surface area contributed by atoms with E-state index in [2.05, 4.69) is 20.6 Å². The van der Waals surface area contributed by atoms with Crippen molar-refractivity contribution in [1.29, 1.82) is 0 Å². The molecule has 1 heterocycles. The smallest absolute Gasteiger partial charge is 0.270 e. The first kappa shape index (κ1) is 17.7. The van der Waals surface area contributed by atoms with E-state index in [-0.39, 0.29) is 5.91 Å². The second kappa shape index (κ2) is 9.46. The minimum atomic E-state index is -0.242. The van der Waals surface area contributed by atoms with E-state index in [1.54, 1.807) is 26.5 Å². The monoisotopic (exact) mass is 330 g/mol. The standard InChI is InChI=1S/C17H22N4O3/c1-23-11-3-9-18-17-19-10-8-15(21-17)16(22)20-12-13-4-6-14(24-2)7-5-13/h4-8,10H,3,9,11-12H2,1-2H3,(H,20,22)(H,18,19,21). The minimum absolute atomic E-state index is 0.242. The summed E-state index contributed by atoms with van der Waals surface area (Å²) in [5.74, 6) is 0.974. The van der Waals surface area contributed by atoms with E-state index in [1.165, 1.54) is 0 Å². The Bertz CT molecular complexity index is 647. The lowest BCUT2D eigenvalue weighted by Crippen LogP contribution is -2.24. The first-order chi connectivity index (χ1) is 11.7. The molecule has 0 saturated heterocycles. The molecule has 0 aliphatic rings. The van der Waals surface area contributed by atoms with E-state index in [0.717, 1.165) is 17.7 Å². The Morgan fingerprint density at radius 2 is 1.96 bits per heavy atom. The van der Waals surface area contributed by atoms with Crippen LogP contribution in [0.3, 0.4) is 0 Å². The van der Waals surface area contributed by atoms with E-state index in [4.69, 9.17) is 9.47 Å². The van der Waals surface area contributed by atoms with Crippen LogP contribution in [0.1, 0.15) is 22.5 Å². The number of hydrogen-bond donors (Lipinski definition) is 2. The highest BCUT2D eigenvalue weighted by Crippen LogP contribution is 2.11. The summed E-state index contributed by atoms with van der Waals surface area (Å²) in [5.41, 5.74) is 1.31. The second-order valence-electron chi connectivity index (χ2n) is 5.07. The van der Waals surface area contributed by atoms with E-state index >= 15 is 0 Å². The summed E-state index contributed by atoms with van der Waals surface area (Å²) in [4.78, 5) is 20.5. The van der Waals surface area contributed by atoms with Crippen LogP contribution in [0.25, 0.3) is 0 Å². The Morgan fingerprint density at radius 1 is 1.17 bits per heavy atom. The van der Waals surface area contributed by atoms with Crippen molar-refractivity contribution >= 4 is 11.9 Å². The highest BCUT2D eigenvalue weighted by Gasteiger charge is 2.08. The fourth-order valence-electron chi connectivity index (χ4n) is 2.00. The van der Waals surface area contributed by atoms with Crippen molar-refractivity contribution in [1.82, 2.24) is 15.3 Å². The van der Waals surface area contributed by atoms with Gasteiger partial charge in [0.05, 0.1) is 7.11 Å². The van der Waals surface area contributed by atoms with Crippen molar-refractivity contribution in [3.05, 3.63) is 47.8 Å². The molecule has 0 radical (unpaired) electrons. The molecule has 0 atom stereocenters. The van der Waals surface area contributed by atoms with Gasteiger partial charge in [0.25, 0.3) is 5.91 Å². The molecule has 7 nitrogen and oxygen atoms in total. The van der Waals surface area contributed by atoms with Gasteiger partial charge in [-0.3, -0.25) is 4.79 Å². The van der Waals surface area contributed by atoms with Gasteiger partial charge in [-0.25, -0.2) is 9.97 Å². The van der Waals surface area contributed by atoms with Gasteiger partial charge in [0.1, 0.15) is 11.4 Å². The van der Waals surface area contributed by atoms with Crippen molar-refractivity contribution in [3.8, 4) is 5.75 Å². The number of anilines is 1. The summed E-state index contributed by atoms with van der Waals surface area (Å²) >= 11 is 0. The van der Waals surface area contributed by atoms with Gasteiger partial charge in [-0.2, -0.15) is 0 Å². The van der Waals surface area contributed by atoms with Gasteiger partial charge in [0.15, 0.2) is 0 Å². The van der Waals surface area contributed by atoms with E-state index < -0.39 is 0 Å². The summed E-state index contributed by atoms with van der Waals surface area (Å²) in [6, 6.07) is 9.11. The number of methoxy groups -OCH3 is 2. The van der Waals surface area contributed by atoms with Crippen LogP contribution in [0.15, 0.2) is 36.5 Å². The maximum absolute atomic E-state index is 12.2. The molecule has 1 aromatic carbocycles. The van der Waals surface area contributed by atoms with Crippen LogP contribution in [0.5, 0.6) is 5.75 Å². The van der Waals surface area contributed by atoms with Crippen molar-refractivity contribution in [3.63, 3.8) is 0 Å². The molecule has 0 unspecified atom stereocenters. The Labute approximate surface area is 141 Å². The molecule has 0 saturated carbocycles. The molecule has 2 N–H and O–H groups in total. The Morgan fingerprint density at radius 3 is 2.67 bits per heavy atom. The zero-order chi connectivity index (χ0) is 17.2. The lowest BCUT2D eigenvalue weighted by molar-refractivity contribution is 0.0946. The summed E-state index contributed by atoms with van der Waals surface area (Å²) in [5, 5.41) is 5.90. The lowest BCUT2D eigenvalue weighted by atomic mass is 10.2. The Hall–Kier alpha value is -2.67. The Balaban J connectivity index is 1.86.